The molecule has 1 rings (SSSR count). The number of nitrogens with zero attached hydrogens (tertiary/aromatic N) is 2. The van der Waals surface area contributed by atoms with Gasteiger partial charge in [0.15, 0.2) is 0 Å². The highest BCUT2D eigenvalue weighted by Crippen LogP contribution is 2.09. The van der Waals surface area contributed by atoms with E-state index in [0.29, 0.717) is 5.82 Å². The van der Waals surface area contributed by atoms with Crippen molar-refractivity contribution in [1.29, 1.82) is 0 Å². The lowest BCUT2D eigenvalue weighted by Crippen LogP contribution is -2.43. The van der Waals surface area contributed by atoms with Gasteiger partial charge in [0.05, 0.1) is 6.54 Å². The number of aryl methyl sites for hydroxylation is 1. The maximum absolute atomic E-state index is 11.6. The third-order valence-electron chi connectivity index (χ3n) is 1.77. The highest BCUT2D eigenvalue weighted by atomic mass is 35.5. The third kappa shape index (κ3) is 5.49. The van der Waals surface area contributed by atoms with Crippen LogP contribution in [0.1, 0.15) is 26.5 Å². The smallest absolute Gasteiger partial charge is 0.239 e. The second-order valence-electron chi connectivity index (χ2n) is 4.82. The van der Waals surface area contributed by atoms with Gasteiger partial charge < -0.3 is 10.6 Å². The van der Waals surface area contributed by atoms with E-state index in [9.17, 15) is 4.79 Å². The molecule has 1 aromatic heterocycles. The average Bonchev–Trinajstić information content (AvgIpc) is 2.10. The molecule has 0 spiro atoms. The molecule has 2 N–H and O–H groups in total. The van der Waals surface area contributed by atoms with Gasteiger partial charge in [0.25, 0.3) is 0 Å². The molecule has 0 aliphatic rings. The minimum Gasteiger partial charge on any atom is -0.361 e. The molecule has 5 nitrogen and oxygen atoms in total. The zero-order valence-electron chi connectivity index (χ0n) is 10.5. The van der Waals surface area contributed by atoms with Crippen molar-refractivity contribution in [1.82, 2.24) is 15.3 Å². The topological polar surface area (TPSA) is 66.9 Å². The van der Waals surface area contributed by atoms with Crippen molar-refractivity contribution in [2.24, 2.45) is 0 Å². The Bertz CT molecular complexity index is 394. The number of rotatable bonds is 3. The summed E-state index contributed by atoms with van der Waals surface area (Å²) in [6.45, 7) is 7.75. The molecule has 0 bridgehead atoms. The zero-order valence-corrected chi connectivity index (χ0v) is 11.2. The van der Waals surface area contributed by atoms with Crippen molar-refractivity contribution in [3.63, 3.8) is 0 Å². The monoisotopic (exact) mass is 256 g/mol. The summed E-state index contributed by atoms with van der Waals surface area (Å²) in [5.74, 6) is 0.455. The number of hydrogen-bond acceptors (Lipinski definition) is 4. The molecule has 0 aromatic carbocycles. The minimum atomic E-state index is -0.238. The summed E-state index contributed by atoms with van der Waals surface area (Å²) in [5, 5.41) is 5.91. The summed E-state index contributed by atoms with van der Waals surface area (Å²) < 4.78 is 0. The van der Waals surface area contributed by atoms with Gasteiger partial charge in [-0.1, -0.05) is 0 Å². The fourth-order valence-electron chi connectivity index (χ4n) is 1.26. The lowest BCUT2D eigenvalue weighted by molar-refractivity contribution is -0.120. The van der Waals surface area contributed by atoms with Gasteiger partial charge in [-0.25, -0.2) is 9.97 Å². The van der Waals surface area contributed by atoms with E-state index in [0.717, 1.165) is 5.69 Å². The Morgan fingerprint density at radius 1 is 1.41 bits per heavy atom. The predicted octanol–water partition coefficient (Wildman–Crippen LogP) is 1.77. The summed E-state index contributed by atoms with van der Waals surface area (Å²) in [6.07, 6.45) is 0. The van der Waals surface area contributed by atoms with Gasteiger partial charge >= 0.3 is 0 Å². The van der Waals surface area contributed by atoms with E-state index in [2.05, 4.69) is 20.6 Å². The van der Waals surface area contributed by atoms with Crippen molar-refractivity contribution in [3.05, 3.63) is 17.0 Å². The quantitative estimate of drug-likeness (QED) is 0.809. The lowest BCUT2D eigenvalue weighted by atomic mass is 10.1. The van der Waals surface area contributed by atoms with Crippen LogP contribution >= 0.6 is 11.6 Å². The molecule has 17 heavy (non-hydrogen) atoms. The maximum Gasteiger partial charge on any atom is 0.239 e. The Morgan fingerprint density at radius 2 is 2.06 bits per heavy atom. The van der Waals surface area contributed by atoms with Crippen molar-refractivity contribution < 1.29 is 4.79 Å². The van der Waals surface area contributed by atoms with Crippen LogP contribution in [0.3, 0.4) is 0 Å². The molecular weight excluding hydrogens is 240 g/mol. The number of carbonyl (C=O) groups is 1. The molecule has 1 amide bonds. The molecule has 0 unspecified atom stereocenters. The minimum absolute atomic E-state index is 0.0927. The van der Waals surface area contributed by atoms with Gasteiger partial charge in [0.1, 0.15) is 5.82 Å². The zero-order chi connectivity index (χ0) is 13.1. The molecular formula is C11H17ClN4O. The first-order valence-corrected chi connectivity index (χ1v) is 5.70. The van der Waals surface area contributed by atoms with Crippen molar-refractivity contribution in [2.75, 3.05) is 11.9 Å². The molecule has 0 saturated carbocycles. The highest BCUT2D eigenvalue weighted by Gasteiger charge is 2.13. The predicted molar refractivity (Wildman–Crippen MR) is 68.2 cm³/mol. The molecule has 0 saturated heterocycles. The Balaban J connectivity index is 2.53. The second kappa shape index (κ2) is 5.31. The van der Waals surface area contributed by atoms with E-state index < -0.39 is 0 Å². The van der Waals surface area contributed by atoms with Crippen LogP contribution in [0.5, 0.6) is 0 Å². The molecule has 0 atom stereocenters. The molecule has 1 heterocycles. The van der Waals surface area contributed by atoms with Gasteiger partial charge in [0, 0.05) is 17.3 Å². The van der Waals surface area contributed by atoms with Crippen LogP contribution in [0, 0.1) is 6.92 Å². The van der Waals surface area contributed by atoms with Gasteiger partial charge in [-0.15, -0.1) is 0 Å². The summed E-state index contributed by atoms with van der Waals surface area (Å²) in [7, 11) is 0. The Labute approximate surface area is 106 Å². The van der Waals surface area contributed by atoms with Gasteiger partial charge in [-0.2, -0.15) is 0 Å². The van der Waals surface area contributed by atoms with Crippen LogP contribution < -0.4 is 10.6 Å². The Kier molecular flexibility index (Phi) is 4.28. The largest absolute Gasteiger partial charge is 0.361 e. The Morgan fingerprint density at radius 3 is 2.59 bits per heavy atom. The molecule has 0 aliphatic carbocycles. The number of carbonyl (C=O) groups excluding carboxylic acids is 1. The number of anilines is 1. The first kappa shape index (κ1) is 13.7. The van der Waals surface area contributed by atoms with E-state index in [1.807, 2.05) is 27.7 Å². The van der Waals surface area contributed by atoms with Crippen LogP contribution in [0.25, 0.3) is 0 Å². The van der Waals surface area contributed by atoms with E-state index >= 15 is 0 Å². The second-order valence-corrected chi connectivity index (χ2v) is 5.15. The maximum atomic E-state index is 11.6. The molecule has 6 heteroatoms. The van der Waals surface area contributed by atoms with Crippen LogP contribution in [-0.4, -0.2) is 28.0 Å². The molecule has 0 radical (unpaired) electrons. The lowest BCUT2D eigenvalue weighted by Gasteiger charge is -2.20. The van der Waals surface area contributed by atoms with E-state index in [1.165, 1.54) is 0 Å². The average molecular weight is 257 g/mol. The van der Waals surface area contributed by atoms with Crippen molar-refractivity contribution in [2.45, 2.75) is 33.2 Å². The van der Waals surface area contributed by atoms with Gasteiger partial charge in [-0.3, -0.25) is 4.79 Å². The summed E-state index contributed by atoms with van der Waals surface area (Å²) in [5.41, 5.74) is 0.515. The number of nitrogens with one attached hydrogen (secondary N) is 2. The summed E-state index contributed by atoms with van der Waals surface area (Å²) >= 11 is 5.71. The van der Waals surface area contributed by atoms with E-state index in [-0.39, 0.29) is 23.3 Å². The van der Waals surface area contributed by atoms with Crippen LogP contribution in [0.15, 0.2) is 6.07 Å². The third-order valence-corrected chi connectivity index (χ3v) is 1.94. The van der Waals surface area contributed by atoms with Gasteiger partial charge in [0.2, 0.25) is 11.2 Å². The molecule has 0 aliphatic heterocycles. The first-order chi connectivity index (χ1) is 7.76. The fourth-order valence-corrected chi connectivity index (χ4v) is 1.48. The van der Waals surface area contributed by atoms with E-state index in [1.54, 1.807) is 6.07 Å². The van der Waals surface area contributed by atoms with E-state index in [4.69, 9.17) is 11.6 Å². The highest BCUT2D eigenvalue weighted by molar-refractivity contribution is 6.28. The van der Waals surface area contributed by atoms with Crippen molar-refractivity contribution >= 4 is 23.3 Å². The molecule has 0 fully saturated rings. The van der Waals surface area contributed by atoms with Gasteiger partial charge in [-0.05, 0) is 39.3 Å². The molecule has 94 valence electrons. The summed E-state index contributed by atoms with van der Waals surface area (Å²) in [4.78, 5) is 19.5. The SMILES string of the molecule is Cc1cc(NCC(=O)NC(C)(C)C)nc(Cl)n1. The molecule has 1 aromatic rings. The standard InChI is InChI=1S/C11H17ClN4O/c1-7-5-8(15-10(12)14-7)13-6-9(17)16-11(2,3)4/h5H,6H2,1-4H3,(H,16,17)(H,13,14,15). The van der Waals surface area contributed by atoms with Crippen LogP contribution in [-0.2, 0) is 4.79 Å². The Hall–Kier alpha value is -1.36. The normalized spacial score (nSPS) is 11.1. The van der Waals surface area contributed by atoms with Crippen LogP contribution in [0.2, 0.25) is 5.28 Å². The number of hydrogen-bond donors (Lipinski definition) is 2. The number of halogens is 1. The summed E-state index contributed by atoms with van der Waals surface area (Å²) in [6, 6.07) is 1.73. The fraction of sp³-hybridized carbons (Fsp3) is 0.545. The first-order valence-electron chi connectivity index (χ1n) is 5.32. The number of aromatic nitrogens is 2. The van der Waals surface area contributed by atoms with Crippen molar-refractivity contribution in [3.8, 4) is 0 Å². The van der Waals surface area contributed by atoms with Crippen LogP contribution in [0.4, 0.5) is 5.82 Å². The number of amides is 1.